The monoisotopic (exact) mass is 440 g/mol. The molecule has 0 spiro atoms. The van der Waals surface area contributed by atoms with Crippen molar-refractivity contribution in [2.75, 3.05) is 19.3 Å². The number of benzene rings is 1. The fourth-order valence-electron chi connectivity index (χ4n) is 4.46. The minimum atomic E-state index is -3.66. The van der Waals surface area contributed by atoms with Crippen molar-refractivity contribution in [2.24, 2.45) is 4.40 Å². The number of fused-ring (bicyclic) bond motifs is 5. The molecular weight excluding hydrogens is 414 g/mol. The zero-order valence-electron chi connectivity index (χ0n) is 16.9. The van der Waals surface area contributed by atoms with Crippen LogP contribution in [0, 0.1) is 0 Å². The minimum Gasteiger partial charge on any atom is -0.496 e. The summed E-state index contributed by atoms with van der Waals surface area (Å²) < 4.78 is 68.4. The maximum atomic E-state index is 15.0. The van der Waals surface area contributed by atoms with Crippen molar-refractivity contribution in [3.8, 4) is 5.75 Å². The highest BCUT2D eigenvalue weighted by atomic mass is 32.2. The topological polar surface area (TPSA) is 68.2 Å². The first kappa shape index (κ1) is 21.1. The van der Waals surface area contributed by atoms with E-state index in [1.54, 1.807) is 12.1 Å². The molecule has 1 aromatic carbocycles. The maximum absolute atomic E-state index is 15.0. The van der Waals surface area contributed by atoms with Gasteiger partial charge in [-0.05, 0) is 56.1 Å². The first-order valence-corrected chi connectivity index (χ1v) is 12.1. The van der Waals surface area contributed by atoms with Crippen LogP contribution >= 0.6 is 0 Å². The van der Waals surface area contributed by atoms with Crippen molar-refractivity contribution in [3.05, 3.63) is 41.8 Å². The third-order valence-electron chi connectivity index (χ3n) is 5.79. The molecule has 4 aliphatic rings. The second kappa shape index (κ2) is 8.17. The van der Waals surface area contributed by atoms with Crippen molar-refractivity contribution in [3.63, 3.8) is 0 Å². The largest absolute Gasteiger partial charge is 0.496 e. The van der Waals surface area contributed by atoms with E-state index in [1.165, 1.54) is 11.2 Å². The number of allylic oxidation sites excluding steroid dienone is 1. The van der Waals surface area contributed by atoms with E-state index < -0.39 is 22.7 Å². The fourth-order valence-corrected chi connectivity index (χ4v) is 5.05. The Kier molecular flexibility index (Phi) is 5.74. The first-order chi connectivity index (χ1) is 14.2. The van der Waals surface area contributed by atoms with Crippen LogP contribution < -0.4 is 4.74 Å². The summed E-state index contributed by atoms with van der Waals surface area (Å²) in [4.78, 5) is 1.42. The van der Waals surface area contributed by atoms with E-state index in [4.69, 9.17) is 9.47 Å². The number of piperidine rings is 1. The van der Waals surface area contributed by atoms with Crippen LogP contribution in [0.3, 0.4) is 0 Å². The lowest BCUT2D eigenvalue weighted by atomic mass is 9.82. The van der Waals surface area contributed by atoms with Crippen LogP contribution in [0.5, 0.6) is 5.75 Å². The number of halogens is 2. The van der Waals surface area contributed by atoms with E-state index in [2.05, 4.69) is 4.40 Å². The smallest absolute Gasteiger partial charge is 0.415 e. The Morgan fingerprint density at radius 3 is 2.63 bits per heavy atom. The molecule has 6 nitrogen and oxygen atoms in total. The molecule has 1 aromatic rings. The number of hydrogen-bond acceptors (Lipinski definition) is 5. The van der Waals surface area contributed by atoms with Gasteiger partial charge in [0.15, 0.2) is 0 Å². The summed E-state index contributed by atoms with van der Waals surface area (Å²) in [6.07, 6.45) is 3.04. The van der Waals surface area contributed by atoms with Crippen LogP contribution in [-0.4, -0.2) is 50.6 Å². The molecule has 0 unspecified atom stereocenters. The van der Waals surface area contributed by atoms with Gasteiger partial charge in [0, 0.05) is 6.54 Å². The number of para-hydroxylation sites is 1. The molecule has 30 heavy (non-hydrogen) atoms. The molecule has 3 heterocycles. The molecule has 2 fully saturated rings. The fraction of sp³-hybridized carbons (Fsp3) is 0.571. The molecule has 164 valence electrons. The van der Waals surface area contributed by atoms with E-state index in [0.29, 0.717) is 25.1 Å². The van der Waals surface area contributed by atoms with Gasteiger partial charge in [0.1, 0.15) is 18.6 Å². The van der Waals surface area contributed by atoms with Gasteiger partial charge in [0.05, 0.1) is 23.8 Å². The van der Waals surface area contributed by atoms with Gasteiger partial charge in [0.2, 0.25) is 0 Å². The van der Waals surface area contributed by atoms with Crippen molar-refractivity contribution in [2.45, 2.75) is 56.7 Å². The Hall–Kier alpha value is -2.16. The van der Waals surface area contributed by atoms with Crippen molar-refractivity contribution in [1.29, 1.82) is 0 Å². The molecule has 0 amide bonds. The number of ether oxygens (including phenoxy) is 2. The summed E-state index contributed by atoms with van der Waals surface area (Å²) in [6.45, 7) is -0.374. The van der Waals surface area contributed by atoms with Crippen molar-refractivity contribution >= 4 is 15.7 Å². The number of hydrogen-bond donors (Lipinski definition) is 0. The molecule has 1 saturated carbocycles. The normalized spacial score (nSPS) is 29.8. The molecule has 1 aliphatic carbocycles. The van der Waals surface area contributed by atoms with Gasteiger partial charge in [0.25, 0.3) is 10.0 Å². The molecule has 0 radical (unpaired) electrons. The van der Waals surface area contributed by atoms with Gasteiger partial charge in [-0.2, -0.15) is 13.2 Å². The number of sulfonamides is 1. The van der Waals surface area contributed by atoms with Crippen molar-refractivity contribution in [1.82, 2.24) is 4.90 Å². The summed E-state index contributed by atoms with van der Waals surface area (Å²) in [7, 11) is -3.66. The molecule has 3 aliphatic heterocycles. The van der Waals surface area contributed by atoms with E-state index in [9.17, 15) is 17.2 Å². The molecule has 0 N–H and O–H groups in total. The minimum absolute atomic E-state index is 0.0358. The molecule has 0 aromatic heterocycles. The van der Waals surface area contributed by atoms with Gasteiger partial charge in [-0.15, -0.1) is 0 Å². The van der Waals surface area contributed by atoms with Crippen LogP contribution in [0.1, 0.15) is 50.0 Å². The highest BCUT2D eigenvalue weighted by Crippen LogP contribution is 2.40. The Labute approximate surface area is 175 Å². The lowest BCUT2D eigenvalue weighted by Gasteiger charge is -2.34. The average molecular weight is 441 g/mol. The quantitative estimate of drug-likeness (QED) is 0.659. The van der Waals surface area contributed by atoms with Gasteiger partial charge < -0.3 is 14.4 Å². The van der Waals surface area contributed by atoms with Gasteiger partial charge in [-0.3, -0.25) is 0 Å². The molecule has 0 atom stereocenters. The summed E-state index contributed by atoms with van der Waals surface area (Å²) in [6, 6.07) is 7.00. The zero-order chi connectivity index (χ0) is 21.4. The summed E-state index contributed by atoms with van der Waals surface area (Å²) in [5.41, 5.74) is 1.36. The lowest BCUT2D eigenvalue weighted by molar-refractivity contribution is -0.185. The van der Waals surface area contributed by atoms with Crippen LogP contribution in [0.4, 0.5) is 8.78 Å². The summed E-state index contributed by atoms with van der Waals surface area (Å²) in [5.74, 6) is 0.355. The highest BCUT2D eigenvalue weighted by Gasteiger charge is 2.39. The molecule has 9 heteroatoms. The Morgan fingerprint density at radius 1 is 1.17 bits per heavy atom. The molecule has 1 saturated heterocycles. The van der Waals surface area contributed by atoms with E-state index in [-0.39, 0.29) is 23.5 Å². The third kappa shape index (κ3) is 4.94. The van der Waals surface area contributed by atoms with E-state index in [0.717, 1.165) is 37.5 Å². The Bertz CT molecular complexity index is 954. The molecule has 5 rings (SSSR count). The molecule has 2 bridgehead atoms. The Morgan fingerprint density at radius 2 is 1.90 bits per heavy atom. The predicted octanol–water partition coefficient (Wildman–Crippen LogP) is 4.05. The maximum Gasteiger partial charge on any atom is 0.415 e. The van der Waals surface area contributed by atoms with Crippen molar-refractivity contribution < 1.29 is 26.7 Å². The summed E-state index contributed by atoms with van der Waals surface area (Å²) in [5, 5.41) is 0. The van der Waals surface area contributed by atoms with Gasteiger partial charge >= 0.3 is 6.11 Å². The van der Waals surface area contributed by atoms with Gasteiger partial charge in [-0.25, -0.2) is 8.42 Å². The number of nitrogens with zero attached hydrogens (tertiary/aromatic N) is 2. The SMILES string of the molecule is CS(=O)(=O)/N=C1CCCN2CC(F)(F)Oc3ccccc3C3CCC(CC3)O\C=C\12. The Balaban J connectivity index is 1.73. The number of alkyl halides is 2. The lowest BCUT2D eigenvalue weighted by Crippen LogP contribution is -2.44. The third-order valence-corrected chi connectivity index (χ3v) is 6.35. The second-order valence-electron chi connectivity index (χ2n) is 8.19. The van der Waals surface area contributed by atoms with Gasteiger partial charge in [-0.1, -0.05) is 18.2 Å². The molecular formula is C21H26F2N2O4S. The number of rotatable bonds is 1. The van der Waals surface area contributed by atoms with Crippen LogP contribution in [0.2, 0.25) is 0 Å². The van der Waals surface area contributed by atoms with E-state index in [1.807, 2.05) is 12.1 Å². The van der Waals surface area contributed by atoms with Crippen LogP contribution in [-0.2, 0) is 14.8 Å². The van der Waals surface area contributed by atoms with Crippen LogP contribution in [0.25, 0.3) is 0 Å². The summed E-state index contributed by atoms with van der Waals surface area (Å²) >= 11 is 0. The first-order valence-electron chi connectivity index (χ1n) is 10.3. The zero-order valence-corrected chi connectivity index (χ0v) is 17.7. The van der Waals surface area contributed by atoms with E-state index >= 15 is 0 Å². The average Bonchev–Trinajstić information content (AvgIpc) is 2.67. The standard InChI is InChI=1S/C21H26F2N2O4S/c1-30(26,27)24-18-6-4-12-25-14-21(22,23)29-20-7-3-2-5-17(20)15-8-10-16(11-9-15)28-13-19(18)25/h2-3,5,7,13,15-16H,4,6,8-12,14H2,1H3/b19-13-,24-18+. The predicted molar refractivity (Wildman–Crippen MR) is 109 cm³/mol. The second-order valence-corrected chi connectivity index (χ2v) is 9.83. The van der Waals surface area contributed by atoms with Crippen LogP contribution in [0.15, 0.2) is 40.6 Å². The highest BCUT2D eigenvalue weighted by molar-refractivity contribution is 7.89.